The van der Waals surface area contributed by atoms with Crippen LogP contribution in [-0.4, -0.2) is 19.0 Å². The molecule has 0 saturated carbocycles. The van der Waals surface area contributed by atoms with Gasteiger partial charge in [0.2, 0.25) is 0 Å². The highest BCUT2D eigenvalue weighted by Crippen LogP contribution is 2.14. The van der Waals surface area contributed by atoms with Crippen molar-refractivity contribution in [2.24, 2.45) is 5.92 Å². The summed E-state index contributed by atoms with van der Waals surface area (Å²) in [5.41, 5.74) is 0. The monoisotopic (exact) mass is 198 g/mol. The summed E-state index contributed by atoms with van der Waals surface area (Å²) in [5.74, 6) is 0.733. The normalized spacial score (nSPS) is 15.7. The summed E-state index contributed by atoms with van der Waals surface area (Å²) in [5, 5.41) is 0. The number of hydrogen-bond acceptors (Lipinski definition) is 2. The van der Waals surface area contributed by atoms with Crippen molar-refractivity contribution in [2.45, 2.75) is 46.1 Å². The van der Waals surface area contributed by atoms with Crippen molar-refractivity contribution in [3.63, 3.8) is 0 Å². The second kappa shape index (κ2) is 7.74. The van der Waals surface area contributed by atoms with E-state index < -0.39 is 0 Å². The second-order valence-electron chi connectivity index (χ2n) is 3.87. The van der Waals surface area contributed by atoms with Crippen LogP contribution in [0.15, 0.2) is 12.2 Å². The number of allylic oxidation sites excluding steroid dienone is 1. The highest BCUT2D eigenvalue weighted by atomic mass is 16.5. The zero-order valence-electron chi connectivity index (χ0n) is 9.75. The van der Waals surface area contributed by atoms with Gasteiger partial charge in [-0.15, -0.1) is 0 Å². The summed E-state index contributed by atoms with van der Waals surface area (Å²) in [6, 6.07) is 0. The molecule has 82 valence electrons. The minimum absolute atomic E-state index is 0.0789. The Hall–Kier alpha value is -0.630. The number of ether oxygens (including phenoxy) is 1. The lowest BCUT2D eigenvalue weighted by Crippen LogP contribution is -2.12. The van der Waals surface area contributed by atoms with E-state index in [1.165, 1.54) is 12.8 Å². The van der Waals surface area contributed by atoms with Crippen molar-refractivity contribution >= 4 is 5.78 Å². The van der Waals surface area contributed by atoms with Crippen LogP contribution in [0.5, 0.6) is 0 Å². The fourth-order valence-electron chi connectivity index (χ4n) is 1.50. The fraction of sp³-hybridized carbons (Fsp3) is 0.750. The van der Waals surface area contributed by atoms with Gasteiger partial charge < -0.3 is 4.74 Å². The molecule has 0 saturated heterocycles. The molecule has 0 rings (SSSR count). The molecule has 2 unspecified atom stereocenters. The first-order valence-electron chi connectivity index (χ1n) is 5.31. The molecule has 0 bridgehead atoms. The molecule has 0 N–H and O–H groups in total. The molecular formula is C12H22O2. The summed E-state index contributed by atoms with van der Waals surface area (Å²) in [4.78, 5) is 10.7. The van der Waals surface area contributed by atoms with Gasteiger partial charge in [0.1, 0.15) is 0 Å². The molecule has 0 aliphatic rings. The lowest BCUT2D eigenvalue weighted by atomic mass is 9.98. The van der Waals surface area contributed by atoms with Crippen molar-refractivity contribution in [3.05, 3.63) is 12.2 Å². The van der Waals surface area contributed by atoms with Gasteiger partial charge in [-0.3, -0.25) is 4.79 Å². The van der Waals surface area contributed by atoms with Crippen molar-refractivity contribution < 1.29 is 9.53 Å². The molecule has 0 radical (unpaired) electrons. The summed E-state index contributed by atoms with van der Waals surface area (Å²) in [7, 11) is 1.69. The van der Waals surface area contributed by atoms with Crippen LogP contribution in [0.3, 0.4) is 0 Å². The third-order valence-corrected chi connectivity index (χ3v) is 2.26. The minimum Gasteiger partial charge on any atom is -0.377 e. The van der Waals surface area contributed by atoms with Gasteiger partial charge in [-0.2, -0.15) is 0 Å². The Labute approximate surface area is 87.3 Å². The van der Waals surface area contributed by atoms with Gasteiger partial charge in [0.15, 0.2) is 5.78 Å². The van der Waals surface area contributed by atoms with E-state index in [1.807, 2.05) is 6.08 Å². The molecule has 0 spiro atoms. The molecular weight excluding hydrogens is 176 g/mol. The third-order valence-electron chi connectivity index (χ3n) is 2.26. The van der Waals surface area contributed by atoms with E-state index >= 15 is 0 Å². The van der Waals surface area contributed by atoms with Gasteiger partial charge in [0.05, 0.1) is 6.10 Å². The fourth-order valence-corrected chi connectivity index (χ4v) is 1.50. The molecule has 0 amide bonds. The first-order valence-corrected chi connectivity index (χ1v) is 5.31. The predicted molar refractivity (Wildman–Crippen MR) is 59.3 cm³/mol. The maximum atomic E-state index is 10.7. The molecule has 14 heavy (non-hydrogen) atoms. The smallest absolute Gasteiger partial charge is 0.152 e. The number of carbonyl (C=O) groups is 1. The maximum absolute atomic E-state index is 10.7. The molecule has 0 aliphatic heterocycles. The predicted octanol–water partition coefficient (Wildman–Crippen LogP) is 2.97. The lowest BCUT2D eigenvalue weighted by molar-refractivity contribution is -0.112. The average Bonchev–Trinajstić information content (AvgIpc) is 2.12. The van der Waals surface area contributed by atoms with Gasteiger partial charge >= 0.3 is 0 Å². The molecule has 2 heteroatoms. The Balaban J connectivity index is 3.95. The van der Waals surface area contributed by atoms with Crippen molar-refractivity contribution in [1.82, 2.24) is 0 Å². The van der Waals surface area contributed by atoms with Crippen LogP contribution < -0.4 is 0 Å². The Kier molecular flexibility index (Phi) is 7.40. The van der Waals surface area contributed by atoms with Crippen LogP contribution in [0.25, 0.3) is 0 Å². The number of hydrogen-bond donors (Lipinski definition) is 0. The molecule has 2 atom stereocenters. The van der Waals surface area contributed by atoms with Gasteiger partial charge in [-0.05, 0) is 25.3 Å². The molecule has 0 aromatic carbocycles. The highest BCUT2D eigenvalue weighted by Gasteiger charge is 2.08. The summed E-state index contributed by atoms with van der Waals surface area (Å²) < 4.78 is 5.28. The Bertz CT molecular complexity index is 185. The van der Waals surface area contributed by atoms with Gasteiger partial charge in [-0.25, -0.2) is 0 Å². The van der Waals surface area contributed by atoms with Crippen LogP contribution >= 0.6 is 0 Å². The van der Waals surface area contributed by atoms with E-state index in [0.717, 1.165) is 6.42 Å². The number of rotatable bonds is 7. The lowest BCUT2D eigenvalue weighted by Gasteiger charge is -2.15. The van der Waals surface area contributed by atoms with Crippen molar-refractivity contribution in [3.8, 4) is 0 Å². The van der Waals surface area contributed by atoms with Crippen molar-refractivity contribution in [1.29, 1.82) is 0 Å². The quantitative estimate of drug-likeness (QED) is 0.588. The van der Waals surface area contributed by atoms with E-state index in [1.54, 1.807) is 20.1 Å². The highest BCUT2D eigenvalue weighted by molar-refractivity contribution is 5.87. The van der Waals surface area contributed by atoms with Crippen LogP contribution in [0.1, 0.15) is 40.0 Å². The third kappa shape index (κ3) is 6.84. The Morgan fingerprint density at radius 1 is 1.50 bits per heavy atom. The van der Waals surface area contributed by atoms with Crippen LogP contribution in [-0.2, 0) is 9.53 Å². The summed E-state index contributed by atoms with van der Waals surface area (Å²) in [6.45, 7) is 5.96. The van der Waals surface area contributed by atoms with E-state index in [0.29, 0.717) is 5.92 Å². The zero-order chi connectivity index (χ0) is 11.0. The second-order valence-corrected chi connectivity index (χ2v) is 3.87. The summed E-state index contributed by atoms with van der Waals surface area (Å²) in [6.07, 6.45) is 6.94. The maximum Gasteiger partial charge on any atom is 0.152 e. The SMILES string of the molecule is CCCC(C)CC(/C=C/C(C)=O)OC. The van der Waals surface area contributed by atoms with Gasteiger partial charge in [-0.1, -0.05) is 32.8 Å². The first-order chi connectivity index (χ1) is 6.60. The molecule has 2 nitrogen and oxygen atoms in total. The van der Waals surface area contributed by atoms with Crippen LogP contribution in [0.4, 0.5) is 0 Å². The first kappa shape index (κ1) is 13.4. The molecule has 0 aromatic rings. The zero-order valence-corrected chi connectivity index (χ0v) is 9.75. The van der Waals surface area contributed by atoms with Gasteiger partial charge in [0.25, 0.3) is 0 Å². The van der Waals surface area contributed by atoms with Crippen LogP contribution in [0.2, 0.25) is 0 Å². The average molecular weight is 198 g/mol. The van der Waals surface area contributed by atoms with Crippen molar-refractivity contribution in [2.75, 3.05) is 7.11 Å². The van der Waals surface area contributed by atoms with Crippen LogP contribution in [0, 0.1) is 5.92 Å². The molecule has 0 aliphatic carbocycles. The number of methoxy groups -OCH3 is 1. The van der Waals surface area contributed by atoms with Gasteiger partial charge in [0, 0.05) is 7.11 Å². The van der Waals surface area contributed by atoms with E-state index in [2.05, 4.69) is 13.8 Å². The van der Waals surface area contributed by atoms with E-state index in [4.69, 9.17) is 4.74 Å². The van der Waals surface area contributed by atoms with E-state index in [9.17, 15) is 4.79 Å². The Morgan fingerprint density at radius 3 is 2.57 bits per heavy atom. The van der Waals surface area contributed by atoms with E-state index in [-0.39, 0.29) is 11.9 Å². The number of ketones is 1. The molecule has 0 aromatic heterocycles. The topological polar surface area (TPSA) is 26.3 Å². The standard InChI is InChI=1S/C12H22O2/c1-5-6-10(2)9-12(14-4)8-7-11(3)13/h7-8,10,12H,5-6,9H2,1-4H3/b8-7+. The number of carbonyl (C=O) groups excluding carboxylic acids is 1. The molecule has 0 fully saturated rings. The largest absolute Gasteiger partial charge is 0.377 e. The summed E-state index contributed by atoms with van der Waals surface area (Å²) >= 11 is 0. The molecule has 0 heterocycles. The Morgan fingerprint density at radius 2 is 2.14 bits per heavy atom. The minimum atomic E-state index is 0.0789.